The molecule has 0 spiro atoms. The highest BCUT2D eigenvalue weighted by atomic mass is 16.5. The van der Waals surface area contributed by atoms with Crippen molar-refractivity contribution in [1.82, 2.24) is 0 Å². The second kappa shape index (κ2) is 6.07. The largest absolute Gasteiger partial charge is 0.496 e. The second-order valence-corrected chi connectivity index (χ2v) is 6.47. The average molecular weight is 309 g/mol. The van der Waals surface area contributed by atoms with Crippen molar-refractivity contribution >= 4 is 11.6 Å². The lowest BCUT2D eigenvalue weighted by Crippen LogP contribution is -2.46. The predicted octanol–water partition coefficient (Wildman–Crippen LogP) is 4.37. The van der Waals surface area contributed by atoms with Gasteiger partial charge in [-0.2, -0.15) is 0 Å². The highest BCUT2D eigenvalue weighted by Crippen LogP contribution is 2.47. The van der Waals surface area contributed by atoms with Gasteiger partial charge in [0, 0.05) is 11.3 Å². The summed E-state index contributed by atoms with van der Waals surface area (Å²) in [6.07, 6.45) is 2.80. The topological polar surface area (TPSA) is 38.3 Å². The standard InChI is InChI=1S/C20H23NO2/c1-14-11-15(2)13-16(12-14)21-19(22)20(9-6-10-20)17-7-4-5-8-18(17)23-3/h4-5,7-8,11-13H,6,9-10H2,1-3H3,(H,21,22). The number of rotatable bonds is 4. The van der Waals surface area contributed by atoms with E-state index in [-0.39, 0.29) is 5.91 Å². The van der Waals surface area contributed by atoms with E-state index in [9.17, 15) is 4.79 Å². The number of carbonyl (C=O) groups is 1. The Morgan fingerprint density at radius 1 is 1.09 bits per heavy atom. The Hall–Kier alpha value is -2.29. The van der Waals surface area contributed by atoms with Crippen molar-refractivity contribution in [3.63, 3.8) is 0 Å². The van der Waals surface area contributed by atoms with Gasteiger partial charge in [-0.15, -0.1) is 0 Å². The van der Waals surface area contributed by atoms with Crippen LogP contribution in [0.5, 0.6) is 5.75 Å². The van der Waals surface area contributed by atoms with Gasteiger partial charge < -0.3 is 10.1 Å². The molecule has 23 heavy (non-hydrogen) atoms. The molecule has 1 N–H and O–H groups in total. The van der Waals surface area contributed by atoms with Crippen molar-refractivity contribution in [2.24, 2.45) is 0 Å². The molecule has 3 rings (SSSR count). The SMILES string of the molecule is COc1ccccc1C1(C(=O)Nc2cc(C)cc(C)c2)CCC1. The highest BCUT2D eigenvalue weighted by Gasteiger charge is 2.47. The minimum absolute atomic E-state index is 0.0678. The molecule has 3 heteroatoms. The number of methoxy groups -OCH3 is 1. The Balaban J connectivity index is 1.92. The smallest absolute Gasteiger partial charge is 0.235 e. The molecule has 0 saturated heterocycles. The van der Waals surface area contributed by atoms with Gasteiger partial charge in [0.1, 0.15) is 5.75 Å². The molecule has 0 aliphatic heterocycles. The van der Waals surface area contributed by atoms with Crippen LogP contribution in [-0.2, 0) is 10.2 Å². The Kier molecular flexibility index (Phi) is 4.12. The van der Waals surface area contributed by atoms with Gasteiger partial charge in [-0.1, -0.05) is 30.7 Å². The maximum atomic E-state index is 13.0. The van der Waals surface area contributed by atoms with E-state index in [4.69, 9.17) is 4.74 Å². The lowest BCUT2D eigenvalue weighted by molar-refractivity contribution is -0.124. The van der Waals surface area contributed by atoms with E-state index in [0.29, 0.717) is 0 Å². The van der Waals surface area contributed by atoms with Crippen molar-refractivity contribution in [2.45, 2.75) is 38.5 Å². The number of anilines is 1. The molecular weight excluding hydrogens is 286 g/mol. The first-order chi connectivity index (χ1) is 11.0. The number of aryl methyl sites for hydroxylation is 2. The molecule has 120 valence electrons. The van der Waals surface area contributed by atoms with Crippen LogP contribution >= 0.6 is 0 Å². The molecule has 0 unspecified atom stereocenters. The number of carbonyl (C=O) groups excluding carboxylic acids is 1. The fraction of sp³-hybridized carbons (Fsp3) is 0.350. The summed E-state index contributed by atoms with van der Waals surface area (Å²) in [5.74, 6) is 0.862. The number of ether oxygens (including phenoxy) is 1. The van der Waals surface area contributed by atoms with E-state index in [2.05, 4.69) is 11.4 Å². The van der Waals surface area contributed by atoms with Crippen molar-refractivity contribution in [1.29, 1.82) is 0 Å². The molecule has 0 bridgehead atoms. The van der Waals surface area contributed by atoms with Crippen LogP contribution in [-0.4, -0.2) is 13.0 Å². The van der Waals surface area contributed by atoms with Crippen LogP contribution in [0.25, 0.3) is 0 Å². The van der Waals surface area contributed by atoms with Crippen molar-refractivity contribution in [2.75, 3.05) is 12.4 Å². The molecule has 1 fully saturated rings. The molecule has 1 amide bonds. The third kappa shape index (κ3) is 2.83. The van der Waals surface area contributed by atoms with Crippen LogP contribution in [0, 0.1) is 13.8 Å². The van der Waals surface area contributed by atoms with Crippen LogP contribution in [0.3, 0.4) is 0 Å². The summed E-state index contributed by atoms with van der Waals surface area (Å²) < 4.78 is 5.49. The van der Waals surface area contributed by atoms with Crippen LogP contribution in [0.2, 0.25) is 0 Å². The van der Waals surface area contributed by atoms with Crippen molar-refractivity contribution in [3.8, 4) is 5.75 Å². The zero-order valence-electron chi connectivity index (χ0n) is 14.0. The molecule has 0 aromatic heterocycles. The minimum atomic E-state index is -0.468. The number of hydrogen-bond donors (Lipinski definition) is 1. The van der Waals surface area contributed by atoms with Crippen LogP contribution < -0.4 is 10.1 Å². The van der Waals surface area contributed by atoms with Gasteiger partial charge in [0.2, 0.25) is 5.91 Å². The van der Waals surface area contributed by atoms with E-state index in [1.165, 1.54) is 0 Å². The average Bonchev–Trinajstić information content (AvgIpc) is 2.45. The zero-order valence-corrected chi connectivity index (χ0v) is 14.0. The van der Waals surface area contributed by atoms with E-state index in [0.717, 1.165) is 47.4 Å². The van der Waals surface area contributed by atoms with Crippen LogP contribution in [0.1, 0.15) is 36.0 Å². The van der Waals surface area contributed by atoms with Crippen LogP contribution in [0.15, 0.2) is 42.5 Å². The summed E-state index contributed by atoms with van der Waals surface area (Å²) >= 11 is 0. The fourth-order valence-corrected chi connectivity index (χ4v) is 3.49. The number of nitrogens with one attached hydrogen (secondary N) is 1. The molecule has 0 atom stereocenters. The Morgan fingerprint density at radius 2 is 1.74 bits per heavy atom. The molecule has 0 heterocycles. The maximum Gasteiger partial charge on any atom is 0.235 e. The Morgan fingerprint density at radius 3 is 2.30 bits per heavy atom. The Labute approximate surface area is 137 Å². The van der Waals surface area contributed by atoms with Gasteiger partial charge in [-0.25, -0.2) is 0 Å². The minimum Gasteiger partial charge on any atom is -0.496 e. The lowest BCUT2D eigenvalue weighted by Gasteiger charge is -2.41. The van der Waals surface area contributed by atoms with E-state index in [1.807, 2.05) is 50.2 Å². The van der Waals surface area contributed by atoms with E-state index < -0.39 is 5.41 Å². The third-order valence-electron chi connectivity index (χ3n) is 4.74. The van der Waals surface area contributed by atoms with E-state index >= 15 is 0 Å². The summed E-state index contributed by atoms with van der Waals surface area (Å²) in [5.41, 5.74) is 3.70. The van der Waals surface area contributed by atoms with Gasteiger partial charge in [0.05, 0.1) is 12.5 Å². The monoisotopic (exact) mass is 309 g/mol. The number of hydrogen-bond acceptors (Lipinski definition) is 2. The molecule has 3 nitrogen and oxygen atoms in total. The lowest BCUT2D eigenvalue weighted by atomic mass is 9.63. The quantitative estimate of drug-likeness (QED) is 0.910. The van der Waals surface area contributed by atoms with Crippen molar-refractivity contribution < 1.29 is 9.53 Å². The summed E-state index contributed by atoms with van der Waals surface area (Å²) in [7, 11) is 1.66. The summed E-state index contributed by atoms with van der Waals surface area (Å²) in [4.78, 5) is 13.0. The number of benzene rings is 2. The first kappa shape index (κ1) is 15.6. The normalized spacial score (nSPS) is 15.6. The van der Waals surface area contributed by atoms with Crippen LogP contribution in [0.4, 0.5) is 5.69 Å². The Bertz CT molecular complexity index is 712. The molecule has 2 aromatic rings. The number of amides is 1. The van der Waals surface area contributed by atoms with Crippen molar-refractivity contribution in [3.05, 3.63) is 59.2 Å². The molecule has 0 radical (unpaired) electrons. The second-order valence-electron chi connectivity index (χ2n) is 6.47. The van der Waals surface area contributed by atoms with Gasteiger partial charge in [0.25, 0.3) is 0 Å². The molecule has 1 saturated carbocycles. The zero-order chi connectivity index (χ0) is 16.4. The third-order valence-corrected chi connectivity index (χ3v) is 4.74. The van der Waals surface area contributed by atoms with Gasteiger partial charge in [-0.3, -0.25) is 4.79 Å². The van der Waals surface area contributed by atoms with E-state index in [1.54, 1.807) is 7.11 Å². The number of para-hydroxylation sites is 1. The molecule has 1 aliphatic carbocycles. The maximum absolute atomic E-state index is 13.0. The summed E-state index contributed by atoms with van der Waals surface area (Å²) in [6.45, 7) is 4.09. The molecule has 1 aliphatic rings. The van der Waals surface area contributed by atoms with Gasteiger partial charge in [-0.05, 0) is 56.0 Å². The summed E-state index contributed by atoms with van der Waals surface area (Å²) in [6, 6.07) is 14.0. The molecular formula is C20H23NO2. The summed E-state index contributed by atoms with van der Waals surface area (Å²) in [5, 5.41) is 3.12. The molecule has 2 aromatic carbocycles. The highest BCUT2D eigenvalue weighted by molar-refractivity contribution is 6.00. The first-order valence-corrected chi connectivity index (χ1v) is 8.08. The van der Waals surface area contributed by atoms with Gasteiger partial charge in [0.15, 0.2) is 0 Å². The first-order valence-electron chi connectivity index (χ1n) is 8.08. The fourth-order valence-electron chi connectivity index (χ4n) is 3.49. The van der Waals surface area contributed by atoms with Gasteiger partial charge >= 0.3 is 0 Å². The predicted molar refractivity (Wildman–Crippen MR) is 93.1 cm³/mol.